The first-order chi connectivity index (χ1) is 13.5. The molecule has 0 atom stereocenters. The van der Waals surface area contributed by atoms with Crippen LogP contribution >= 0.6 is 23.3 Å². The third-order valence-electron chi connectivity index (χ3n) is 3.43. The van der Waals surface area contributed by atoms with Gasteiger partial charge in [0.15, 0.2) is 5.01 Å². The molecule has 5 nitrogen and oxygen atoms in total. The molecule has 0 bridgehead atoms. The van der Waals surface area contributed by atoms with Gasteiger partial charge in [0.2, 0.25) is 0 Å². The fourth-order valence-electron chi connectivity index (χ4n) is 2.10. The molecule has 0 saturated carbocycles. The number of carbonyl (C=O) groups is 1. The predicted molar refractivity (Wildman–Crippen MR) is 104 cm³/mol. The molecule has 2 N–H and O–H groups in total. The molecule has 142 valence electrons. The number of hydrogen-bond acceptors (Lipinski definition) is 6. The highest BCUT2D eigenvalue weighted by atomic mass is 32.2. The van der Waals surface area contributed by atoms with Gasteiger partial charge in [-0.3, -0.25) is 0 Å². The third kappa shape index (κ3) is 4.79. The van der Waals surface area contributed by atoms with E-state index in [1.807, 2.05) is 0 Å². The minimum Gasteiger partial charge on any atom is -0.495 e. The monoisotopic (exact) mass is 418 g/mol. The van der Waals surface area contributed by atoms with Crippen molar-refractivity contribution in [1.29, 1.82) is 0 Å². The first-order valence-electron chi connectivity index (χ1n) is 7.73. The first kappa shape index (κ1) is 19.7. The molecule has 1 aromatic heterocycles. The minimum atomic E-state index is -1.38. The van der Waals surface area contributed by atoms with Crippen LogP contribution < -0.4 is 9.46 Å². The molecule has 2 aromatic carbocycles. The maximum absolute atomic E-state index is 13.9. The lowest BCUT2D eigenvalue weighted by Gasteiger charge is -2.11. The number of nitrogens with one attached hydrogen (secondary N) is 1. The van der Waals surface area contributed by atoms with Crippen LogP contribution in [0.2, 0.25) is 0 Å². The number of halogens is 2. The number of rotatable bonds is 5. The van der Waals surface area contributed by atoms with Crippen LogP contribution in [-0.2, 0) is 0 Å². The summed E-state index contributed by atoms with van der Waals surface area (Å²) < 4.78 is 34.8. The van der Waals surface area contributed by atoms with Crippen molar-refractivity contribution in [2.75, 3.05) is 11.8 Å². The third-order valence-corrected chi connectivity index (χ3v) is 5.07. The maximum Gasteiger partial charge on any atom is 0.338 e. The van der Waals surface area contributed by atoms with Crippen molar-refractivity contribution < 1.29 is 23.4 Å². The Morgan fingerprint density at radius 2 is 2.00 bits per heavy atom. The quantitative estimate of drug-likeness (QED) is 0.464. The van der Waals surface area contributed by atoms with Crippen LogP contribution in [0.1, 0.15) is 20.9 Å². The fourth-order valence-corrected chi connectivity index (χ4v) is 3.53. The highest BCUT2D eigenvalue weighted by Crippen LogP contribution is 2.32. The van der Waals surface area contributed by atoms with E-state index in [4.69, 9.17) is 9.84 Å². The summed E-state index contributed by atoms with van der Waals surface area (Å²) in [6.07, 6.45) is 0. The Hall–Kier alpha value is -3.09. The average Bonchev–Trinajstić information content (AvgIpc) is 3.13. The highest BCUT2D eigenvalue weighted by molar-refractivity contribution is 8.00. The molecule has 0 aliphatic heterocycles. The van der Waals surface area contributed by atoms with Crippen LogP contribution in [0.15, 0.2) is 46.8 Å². The molecule has 1 heterocycles. The topological polar surface area (TPSA) is 71.5 Å². The largest absolute Gasteiger partial charge is 0.495 e. The zero-order chi connectivity index (χ0) is 20.1. The van der Waals surface area contributed by atoms with Gasteiger partial charge in [-0.05, 0) is 36.3 Å². The van der Waals surface area contributed by atoms with Crippen LogP contribution in [0, 0.1) is 23.5 Å². The van der Waals surface area contributed by atoms with E-state index in [0.717, 1.165) is 24.1 Å². The van der Waals surface area contributed by atoms with Gasteiger partial charge in [0, 0.05) is 29.0 Å². The number of aromatic carboxylic acids is 1. The normalized spacial score (nSPS) is 10.1. The van der Waals surface area contributed by atoms with Gasteiger partial charge in [0.05, 0.1) is 18.4 Å². The maximum atomic E-state index is 13.9. The second-order valence-corrected chi connectivity index (χ2v) is 6.97. The number of carboxylic acid groups (broad SMARTS) is 1. The van der Waals surface area contributed by atoms with E-state index in [1.54, 1.807) is 17.5 Å². The predicted octanol–water partition coefficient (Wildman–Crippen LogP) is 4.65. The lowest BCUT2D eigenvalue weighted by Crippen LogP contribution is -2.03. The second-order valence-electron chi connectivity index (χ2n) is 5.29. The van der Waals surface area contributed by atoms with Crippen molar-refractivity contribution in [1.82, 2.24) is 4.98 Å². The van der Waals surface area contributed by atoms with Crippen LogP contribution in [0.3, 0.4) is 0 Å². The van der Waals surface area contributed by atoms with Gasteiger partial charge in [-0.25, -0.2) is 18.6 Å². The molecule has 9 heteroatoms. The Morgan fingerprint density at radius 1 is 1.25 bits per heavy atom. The van der Waals surface area contributed by atoms with Gasteiger partial charge >= 0.3 is 5.97 Å². The number of thiazole rings is 1. The summed E-state index contributed by atoms with van der Waals surface area (Å²) >= 11 is 2.43. The zero-order valence-corrected chi connectivity index (χ0v) is 16.0. The number of hydrogen-bond donors (Lipinski definition) is 2. The summed E-state index contributed by atoms with van der Waals surface area (Å²) in [4.78, 5) is 15.3. The molecular formula is C19H12F2N2O3S2. The Kier molecular flexibility index (Phi) is 6.13. The smallest absolute Gasteiger partial charge is 0.338 e. The number of aromatic nitrogens is 1. The molecule has 0 aliphatic carbocycles. The molecule has 0 unspecified atom stereocenters. The Morgan fingerprint density at radius 3 is 2.68 bits per heavy atom. The van der Waals surface area contributed by atoms with Crippen molar-refractivity contribution in [2.24, 2.45) is 0 Å². The van der Waals surface area contributed by atoms with E-state index in [2.05, 4.69) is 21.5 Å². The Balaban J connectivity index is 1.70. The van der Waals surface area contributed by atoms with E-state index in [9.17, 15) is 13.6 Å². The molecule has 0 amide bonds. The summed E-state index contributed by atoms with van der Waals surface area (Å²) in [7, 11) is 1.36. The van der Waals surface area contributed by atoms with Crippen LogP contribution in [0.4, 0.5) is 14.5 Å². The lowest BCUT2D eigenvalue weighted by atomic mass is 10.2. The SMILES string of the molecule is COc1cc(C(=O)O)c(F)cc1NSc1csc(C#Cc2ccc(F)cc2)n1. The van der Waals surface area contributed by atoms with Crippen molar-refractivity contribution in [3.05, 3.63) is 69.5 Å². The van der Waals surface area contributed by atoms with Gasteiger partial charge < -0.3 is 14.6 Å². The fraction of sp³-hybridized carbons (Fsp3) is 0.0526. The number of methoxy groups -OCH3 is 1. The molecule has 0 saturated heterocycles. The summed E-state index contributed by atoms with van der Waals surface area (Å²) in [6, 6.07) is 7.99. The van der Waals surface area contributed by atoms with E-state index in [0.29, 0.717) is 15.6 Å². The van der Waals surface area contributed by atoms with E-state index in [-0.39, 0.29) is 17.3 Å². The van der Waals surface area contributed by atoms with E-state index in [1.165, 1.54) is 30.6 Å². The molecule has 0 fully saturated rings. The van der Waals surface area contributed by atoms with Crippen LogP contribution in [-0.4, -0.2) is 23.2 Å². The standard InChI is InChI=1S/C19H12F2N2O3S2/c1-26-16-8-13(19(24)25)14(21)9-15(16)23-28-18-10-27-17(22-18)7-4-11-2-5-12(20)6-3-11/h2-3,5-6,8-10,23H,1H3,(H,24,25). The second kappa shape index (κ2) is 8.73. The molecular weight excluding hydrogens is 406 g/mol. The molecule has 0 radical (unpaired) electrons. The molecule has 0 spiro atoms. The van der Waals surface area contributed by atoms with Crippen molar-refractivity contribution >= 4 is 34.9 Å². The van der Waals surface area contributed by atoms with Crippen molar-refractivity contribution in [3.63, 3.8) is 0 Å². The summed E-state index contributed by atoms with van der Waals surface area (Å²) in [5.41, 5.74) is 0.476. The Labute approximate surface area is 167 Å². The van der Waals surface area contributed by atoms with Gasteiger partial charge in [-0.1, -0.05) is 5.92 Å². The van der Waals surface area contributed by atoms with Gasteiger partial charge in [0.25, 0.3) is 0 Å². The minimum absolute atomic E-state index is 0.192. The van der Waals surface area contributed by atoms with Gasteiger partial charge in [0.1, 0.15) is 22.4 Å². The molecule has 3 aromatic rings. The highest BCUT2D eigenvalue weighted by Gasteiger charge is 2.16. The number of anilines is 1. The number of benzene rings is 2. The summed E-state index contributed by atoms with van der Waals surface area (Å²) in [6.45, 7) is 0. The van der Waals surface area contributed by atoms with Gasteiger partial charge in [-0.15, -0.1) is 11.3 Å². The summed E-state index contributed by atoms with van der Waals surface area (Å²) in [5, 5.41) is 11.9. The first-order valence-corrected chi connectivity index (χ1v) is 9.42. The van der Waals surface area contributed by atoms with Crippen molar-refractivity contribution in [3.8, 4) is 17.6 Å². The van der Waals surface area contributed by atoms with Crippen molar-refractivity contribution in [2.45, 2.75) is 5.03 Å². The number of ether oxygens (including phenoxy) is 1. The average molecular weight is 418 g/mol. The van der Waals surface area contributed by atoms with E-state index >= 15 is 0 Å². The molecule has 3 rings (SSSR count). The lowest BCUT2D eigenvalue weighted by molar-refractivity contribution is 0.0691. The number of nitrogens with zero attached hydrogens (tertiary/aromatic N) is 1. The van der Waals surface area contributed by atoms with Crippen LogP contribution in [0.5, 0.6) is 5.75 Å². The van der Waals surface area contributed by atoms with Crippen LogP contribution in [0.25, 0.3) is 0 Å². The molecule has 28 heavy (non-hydrogen) atoms. The number of carboxylic acids is 1. The molecule has 0 aliphatic rings. The zero-order valence-electron chi connectivity index (χ0n) is 14.3. The Bertz CT molecular complexity index is 1070. The summed E-state index contributed by atoms with van der Waals surface area (Å²) in [5.74, 6) is 3.40. The van der Waals surface area contributed by atoms with Gasteiger partial charge in [-0.2, -0.15) is 0 Å². The van der Waals surface area contributed by atoms with E-state index < -0.39 is 17.3 Å².